The molecule has 84 valence electrons. The smallest absolute Gasteiger partial charge is 0.357 e. The molecular formula is C12H8ClI3. The Morgan fingerprint density at radius 2 is 0.938 bits per heavy atom. The molecule has 0 amide bonds. The second-order valence-corrected chi connectivity index (χ2v) is 8.49. The summed E-state index contributed by atoms with van der Waals surface area (Å²) in [5.74, 6) is 0. The van der Waals surface area contributed by atoms with Gasteiger partial charge in [0.15, 0.2) is 7.14 Å². The normalized spacial score (nSPS) is 9.62. The third-order valence-corrected chi connectivity index (χ3v) is 5.95. The van der Waals surface area contributed by atoms with Crippen LogP contribution in [0.3, 0.4) is 0 Å². The molecule has 0 saturated heterocycles. The summed E-state index contributed by atoms with van der Waals surface area (Å²) in [4.78, 5) is 0. The fourth-order valence-electron chi connectivity index (χ4n) is 1.11. The molecule has 0 radical (unpaired) electrons. The van der Waals surface area contributed by atoms with E-state index in [2.05, 4.69) is 93.7 Å². The van der Waals surface area contributed by atoms with Gasteiger partial charge in [-0.3, -0.25) is 0 Å². The topological polar surface area (TPSA) is 0 Å². The summed E-state index contributed by atoms with van der Waals surface area (Å²) in [6.07, 6.45) is 0. The van der Waals surface area contributed by atoms with E-state index in [1.165, 1.54) is 14.3 Å². The molecule has 0 aliphatic rings. The van der Waals surface area contributed by atoms with Crippen LogP contribution in [0.25, 0.3) is 0 Å². The minimum Gasteiger partial charge on any atom is -1.00 e. The Bertz CT molecular complexity index is 393. The second kappa shape index (κ2) is 7.38. The maximum Gasteiger partial charge on any atom is 0.357 e. The zero-order valence-electron chi connectivity index (χ0n) is 8.13. The van der Waals surface area contributed by atoms with Crippen LogP contribution in [0.15, 0.2) is 48.5 Å². The van der Waals surface area contributed by atoms with Crippen LogP contribution in [0, 0.1) is 14.3 Å². The Morgan fingerprint density at radius 1 is 0.625 bits per heavy atom. The number of hydrogen-bond acceptors (Lipinski definition) is 0. The zero-order chi connectivity index (χ0) is 10.7. The molecule has 2 aromatic carbocycles. The van der Waals surface area contributed by atoms with Crippen LogP contribution >= 0.6 is 45.2 Å². The highest BCUT2D eigenvalue weighted by molar-refractivity contribution is 14.1. The van der Waals surface area contributed by atoms with Crippen molar-refractivity contribution < 1.29 is 33.6 Å². The molecule has 0 unspecified atom stereocenters. The van der Waals surface area contributed by atoms with Crippen molar-refractivity contribution in [3.63, 3.8) is 0 Å². The largest absolute Gasteiger partial charge is 1.00 e. The van der Waals surface area contributed by atoms with Crippen molar-refractivity contribution in [1.82, 2.24) is 0 Å². The lowest BCUT2D eigenvalue weighted by Crippen LogP contribution is -3.61. The average Bonchev–Trinajstić information content (AvgIpc) is 2.25. The first-order chi connectivity index (χ1) is 7.24. The zero-order valence-corrected chi connectivity index (χ0v) is 15.4. The molecule has 0 heterocycles. The molecule has 0 bridgehead atoms. The predicted octanol–water partition coefficient (Wildman–Crippen LogP) is -1.97. The fraction of sp³-hybridized carbons (Fsp3) is 0. The maximum atomic E-state index is 2.34. The first-order valence-corrected chi connectivity index (χ1v) is 8.71. The highest BCUT2D eigenvalue weighted by atomic mass is 127. The molecule has 4 heteroatoms. The monoisotopic (exact) mass is 568 g/mol. The lowest BCUT2D eigenvalue weighted by molar-refractivity contribution is -0.597. The molecule has 0 aromatic heterocycles. The lowest BCUT2D eigenvalue weighted by Gasteiger charge is -1.89. The molecule has 0 spiro atoms. The summed E-state index contributed by atoms with van der Waals surface area (Å²) in [6.45, 7) is 0. The summed E-state index contributed by atoms with van der Waals surface area (Å²) in [7, 11) is 0. The highest BCUT2D eigenvalue weighted by Crippen LogP contribution is 2.02. The molecule has 0 atom stereocenters. The summed E-state index contributed by atoms with van der Waals surface area (Å²) in [5.41, 5.74) is 0. The van der Waals surface area contributed by atoms with Crippen LogP contribution in [-0.4, -0.2) is 0 Å². The van der Waals surface area contributed by atoms with E-state index < -0.39 is 0 Å². The van der Waals surface area contributed by atoms with Crippen LogP contribution in [0.1, 0.15) is 0 Å². The van der Waals surface area contributed by atoms with E-state index in [1.54, 1.807) is 0 Å². The number of benzene rings is 2. The van der Waals surface area contributed by atoms with Crippen molar-refractivity contribution in [2.24, 2.45) is 0 Å². The Labute approximate surface area is 140 Å². The molecule has 0 nitrogen and oxygen atoms in total. The van der Waals surface area contributed by atoms with Crippen LogP contribution in [0.5, 0.6) is 0 Å². The average molecular weight is 568 g/mol. The van der Waals surface area contributed by atoms with Crippen molar-refractivity contribution in [2.45, 2.75) is 0 Å². The summed E-state index contributed by atoms with van der Waals surface area (Å²) >= 11 is 4.68. The van der Waals surface area contributed by atoms with Crippen molar-refractivity contribution in [3.05, 3.63) is 62.8 Å². The summed E-state index contributed by atoms with van der Waals surface area (Å²) in [6, 6.07) is 17.7. The van der Waals surface area contributed by atoms with Gasteiger partial charge in [0, 0.05) is 7.14 Å². The minimum absolute atomic E-state index is 0. The Morgan fingerprint density at radius 3 is 1.25 bits per heavy atom. The molecule has 0 aliphatic carbocycles. The Hall–Kier alpha value is 0.920. The van der Waals surface area contributed by atoms with Gasteiger partial charge in [0.25, 0.3) is 0 Å². The standard InChI is InChI=1S/C12H8I3.ClH/c13-9-1-5-11(6-2-9)15-12-7-3-10(14)4-8-12;/h1-8H;1H/q+1;/p-1. The van der Waals surface area contributed by atoms with Gasteiger partial charge in [-0.05, 0) is 93.7 Å². The van der Waals surface area contributed by atoms with Crippen LogP contribution < -0.4 is 33.6 Å². The third kappa shape index (κ3) is 4.66. The first kappa shape index (κ1) is 15.0. The molecule has 0 fully saturated rings. The van der Waals surface area contributed by atoms with E-state index in [0.29, 0.717) is 0 Å². The van der Waals surface area contributed by atoms with Gasteiger partial charge >= 0.3 is 21.2 Å². The Balaban J connectivity index is 0.00000128. The van der Waals surface area contributed by atoms with Gasteiger partial charge in [0.2, 0.25) is 0 Å². The van der Waals surface area contributed by atoms with E-state index >= 15 is 0 Å². The van der Waals surface area contributed by atoms with Gasteiger partial charge < -0.3 is 12.4 Å². The molecule has 0 N–H and O–H groups in total. The van der Waals surface area contributed by atoms with E-state index in [-0.39, 0.29) is 33.6 Å². The second-order valence-electron chi connectivity index (χ2n) is 2.97. The van der Waals surface area contributed by atoms with Crippen molar-refractivity contribution >= 4 is 45.2 Å². The fourth-order valence-corrected chi connectivity index (χ4v) is 3.99. The third-order valence-electron chi connectivity index (χ3n) is 1.83. The van der Waals surface area contributed by atoms with E-state index in [4.69, 9.17) is 0 Å². The van der Waals surface area contributed by atoms with Gasteiger partial charge in [0.1, 0.15) is 0 Å². The van der Waals surface area contributed by atoms with Gasteiger partial charge in [-0.1, -0.05) is 0 Å². The molecule has 2 aromatic rings. The minimum atomic E-state index is -0.00353. The predicted molar refractivity (Wildman–Crippen MR) is 75.7 cm³/mol. The number of halogens is 4. The van der Waals surface area contributed by atoms with Gasteiger partial charge in [-0.15, -0.1) is 0 Å². The molecule has 0 saturated carbocycles. The van der Waals surface area contributed by atoms with Gasteiger partial charge in [0.05, 0.1) is 0 Å². The summed E-state index contributed by atoms with van der Waals surface area (Å²) in [5, 5.41) is 0. The van der Waals surface area contributed by atoms with E-state index in [1.807, 2.05) is 0 Å². The molecular weight excluding hydrogens is 560 g/mol. The SMILES string of the molecule is Ic1ccc([I+]c2ccc(I)cc2)cc1.[Cl-]. The highest BCUT2D eigenvalue weighted by Gasteiger charge is 2.14. The first-order valence-electron chi connectivity index (χ1n) is 4.40. The molecule has 2 rings (SSSR count). The van der Waals surface area contributed by atoms with Crippen LogP contribution in [0.4, 0.5) is 0 Å². The number of hydrogen-bond donors (Lipinski definition) is 0. The lowest BCUT2D eigenvalue weighted by atomic mass is 10.4. The van der Waals surface area contributed by atoms with Crippen molar-refractivity contribution in [2.75, 3.05) is 0 Å². The van der Waals surface area contributed by atoms with Gasteiger partial charge in [-0.25, -0.2) is 0 Å². The summed E-state index contributed by atoms with van der Waals surface area (Å²) < 4.78 is 5.58. The maximum absolute atomic E-state index is 2.34. The van der Waals surface area contributed by atoms with Crippen molar-refractivity contribution in [1.29, 1.82) is 0 Å². The molecule has 0 aliphatic heterocycles. The number of rotatable bonds is 2. The van der Waals surface area contributed by atoms with Crippen molar-refractivity contribution in [3.8, 4) is 0 Å². The quantitative estimate of drug-likeness (QED) is 0.369. The Kier molecular flexibility index (Phi) is 6.91. The van der Waals surface area contributed by atoms with Crippen LogP contribution in [-0.2, 0) is 0 Å². The van der Waals surface area contributed by atoms with Crippen LogP contribution in [0.2, 0.25) is 0 Å². The van der Waals surface area contributed by atoms with Gasteiger partial charge in [-0.2, -0.15) is 0 Å². The molecule has 16 heavy (non-hydrogen) atoms. The van der Waals surface area contributed by atoms with E-state index in [0.717, 1.165) is 0 Å². The van der Waals surface area contributed by atoms with E-state index in [9.17, 15) is 0 Å².